The highest BCUT2D eigenvalue weighted by molar-refractivity contribution is 6.30. The summed E-state index contributed by atoms with van der Waals surface area (Å²) in [6, 6.07) is 11.9. The second kappa shape index (κ2) is 6.31. The number of aromatic nitrogens is 5. The Balaban J connectivity index is 1.70. The summed E-state index contributed by atoms with van der Waals surface area (Å²) in [5.74, 6) is 0.942. The first-order chi connectivity index (χ1) is 13.6. The average Bonchev–Trinajstić information content (AvgIpc) is 3.23. The zero-order valence-electron chi connectivity index (χ0n) is 14.7. The lowest BCUT2D eigenvalue weighted by molar-refractivity contribution is 0.629. The third kappa shape index (κ3) is 2.76. The van der Waals surface area contributed by atoms with E-state index in [4.69, 9.17) is 11.6 Å². The molecule has 5 rings (SSSR count). The van der Waals surface area contributed by atoms with E-state index in [-0.39, 0.29) is 5.82 Å². The van der Waals surface area contributed by atoms with Crippen molar-refractivity contribution in [1.29, 1.82) is 0 Å². The molecule has 28 heavy (non-hydrogen) atoms. The SMILES string of the molecule is Cn1cc(-c2nc3ccc(F)cc3[nH]2)c2c(Nc3cccc(Cl)c3)ncnc21. The largest absolute Gasteiger partial charge is 0.340 e. The number of nitrogens with one attached hydrogen (secondary N) is 2. The number of fused-ring (bicyclic) bond motifs is 2. The van der Waals surface area contributed by atoms with Crippen molar-refractivity contribution in [2.24, 2.45) is 7.05 Å². The van der Waals surface area contributed by atoms with Gasteiger partial charge in [-0.05, 0) is 36.4 Å². The van der Waals surface area contributed by atoms with Crippen LogP contribution >= 0.6 is 11.6 Å². The van der Waals surface area contributed by atoms with Crippen LogP contribution in [-0.4, -0.2) is 24.5 Å². The van der Waals surface area contributed by atoms with Crippen molar-refractivity contribution in [2.75, 3.05) is 5.32 Å². The second-order valence-electron chi connectivity index (χ2n) is 6.46. The molecule has 0 saturated heterocycles. The van der Waals surface area contributed by atoms with Crippen LogP contribution in [0.25, 0.3) is 33.5 Å². The van der Waals surface area contributed by atoms with Crippen LogP contribution in [0.4, 0.5) is 15.9 Å². The molecule has 138 valence electrons. The minimum absolute atomic E-state index is 0.313. The molecule has 0 bridgehead atoms. The molecule has 0 spiro atoms. The standard InChI is InChI=1S/C20H14ClFN6/c1-28-9-14(18-26-15-6-5-12(22)8-16(15)27-18)17-19(23-10-24-20(17)28)25-13-4-2-3-11(21)7-13/h2-10H,1H3,(H,26,27)(H,23,24,25). The Morgan fingerprint density at radius 1 is 1.14 bits per heavy atom. The van der Waals surface area contributed by atoms with Gasteiger partial charge in [0, 0.05) is 29.5 Å². The van der Waals surface area contributed by atoms with Gasteiger partial charge in [0.05, 0.1) is 16.4 Å². The molecule has 0 atom stereocenters. The molecule has 0 amide bonds. The van der Waals surface area contributed by atoms with Crippen molar-refractivity contribution in [2.45, 2.75) is 0 Å². The second-order valence-corrected chi connectivity index (χ2v) is 6.89. The molecule has 5 aromatic rings. The lowest BCUT2D eigenvalue weighted by Gasteiger charge is -2.08. The van der Waals surface area contributed by atoms with Crippen molar-refractivity contribution in [3.8, 4) is 11.4 Å². The number of aromatic amines is 1. The molecule has 0 radical (unpaired) electrons. The number of halogens is 2. The zero-order valence-corrected chi connectivity index (χ0v) is 15.5. The number of hydrogen-bond acceptors (Lipinski definition) is 4. The summed E-state index contributed by atoms with van der Waals surface area (Å²) >= 11 is 6.10. The van der Waals surface area contributed by atoms with E-state index in [0.717, 1.165) is 22.3 Å². The van der Waals surface area contributed by atoms with Gasteiger partial charge in [0.25, 0.3) is 0 Å². The predicted octanol–water partition coefficient (Wildman–Crippen LogP) is 5.05. The molecule has 2 aromatic carbocycles. The van der Waals surface area contributed by atoms with E-state index in [1.54, 1.807) is 6.07 Å². The lowest BCUT2D eigenvalue weighted by atomic mass is 10.2. The molecule has 0 aliphatic heterocycles. The molecule has 0 fully saturated rings. The van der Waals surface area contributed by atoms with E-state index in [2.05, 4.69) is 25.3 Å². The molecule has 8 heteroatoms. The summed E-state index contributed by atoms with van der Waals surface area (Å²) in [6.45, 7) is 0. The van der Waals surface area contributed by atoms with Crippen LogP contribution < -0.4 is 5.32 Å². The van der Waals surface area contributed by atoms with Gasteiger partial charge in [-0.25, -0.2) is 19.3 Å². The molecule has 0 aliphatic carbocycles. The van der Waals surface area contributed by atoms with Crippen LogP contribution in [0.5, 0.6) is 0 Å². The summed E-state index contributed by atoms with van der Waals surface area (Å²) in [5, 5.41) is 4.74. The average molecular weight is 393 g/mol. The number of benzene rings is 2. The molecule has 0 aliphatic rings. The van der Waals surface area contributed by atoms with Gasteiger partial charge in [0.15, 0.2) is 0 Å². The van der Waals surface area contributed by atoms with Crippen LogP contribution in [0.1, 0.15) is 0 Å². The highest BCUT2D eigenvalue weighted by Gasteiger charge is 2.18. The van der Waals surface area contributed by atoms with Crippen molar-refractivity contribution in [1.82, 2.24) is 24.5 Å². The number of H-pyrrole nitrogens is 1. The Kier molecular flexibility index (Phi) is 3.77. The Bertz CT molecular complexity index is 1340. The van der Waals surface area contributed by atoms with Crippen molar-refractivity contribution in [3.63, 3.8) is 0 Å². The number of anilines is 2. The molecular weight excluding hydrogens is 379 g/mol. The van der Waals surface area contributed by atoms with Gasteiger partial charge < -0.3 is 14.9 Å². The lowest BCUT2D eigenvalue weighted by Crippen LogP contribution is -1.97. The minimum Gasteiger partial charge on any atom is -0.340 e. The molecule has 3 aromatic heterocycles. The van der Waals surface area contributed by atoms with Crippen LogP contribution in [0.2, 0.25) is 5.02 Å². The zero-order chi connectivity index (χ0) is 19.3. The Morgan fingerprint density at radius 2 is 2.04 bits per heavy atom. The molecule has 0 unspecified atom stereocenters. The Morgan fingerprint density at radius 3 is 2.89 bits per heavy atom. The van der Waals surface area contributed by atoms with Crippen molar-refractivity contribution >= 4 is 45.2 Å². The minimum atomic E-state index is -0.313. The summed E-state index contributed by atoms with van der Waals surface area (Å²) < 4.78 is 15.5. The van der Waals surface area contributed by atoms with E-state index in [1.165, 1.54) is 18.5 Å². The number of hydrogen-bond donors (Lipinski definition) is 2. The normalized spacial score (nSPS) is 11.4. The fraction of sp³-hybridized carbons (Fsp3) is 0.0500. The van der Waals surface area contributed by atoms with Gasteiger partial charge in [-0.3, -0.25) is 0 Å². The maximum atomic E-state index is 13.6. The van der Waals surface area contributed by atoms with Crippen LogP contribution in [0.3, 0.4) is 0 Å². The first-order valence-electron chi connectivity index (χ1n) is 8.57. The fourth-order valence-corrected chi connectivity index (χ4v) is 3.49. The first-order valence-corrected chi connectivity index (χ1v) is 8.94. The maximum Gasteiger partial charge on any atom is 0.145 e. The number of nitrogens with zero attached hydrogens (tertiary/aromatic N) is 4. The third-order valence-corrected chi connectivity index (χ3v) is 4.77. The van der Waals surface area contributed by atoms with E-state index < -0.39 is 0 Å². The highest BCUT2D eigenvalue weighted by Crippen LogP contribution is 2.34. The summed E-state index contributed by atoms with van der Waals surface area (Å²) in [6.07, 6.45) is 3.43. The monoisotopic (exact) mass is 392 g/mol. The highest BCUT2D eigenvalue weighted by atomic mass is 35.5. The van der Waals surface area contributed by atoms with Gasteiger partial charge in [-0.1, -0.05) is 17.7 Å². The smallest absolute Gasteiger partial charge is 0.145 e. The van der Waals surface area contributed by atoms with Gasteiger partial charge >= 0.3 is 0 Å². The first kappa shape index (κ1) is 16.7. The summed E-state index contributed by atoms with van der Waals surface area (Å²) in [7, 11) is 1.91. The molecular formula is C20H14ClFN6. The predicted molar refractivity (Wildman–Crippen MR) is 108 cm³/mol. The van der Waals surface area contributed by atoms with E-state index in [1.807, 2.05) is 42.1 Å². The quantitative estimate of drug-likeness (QED) is 0.451. The number of rotatable bonds is 3. The Hall–Kier alpha value is -3.45. The van der Waals surface area contributed by atoms with Crippen molar-refractivity contribution in [3.05, 3.63) is 65.8 Å². The third-order valence-electron chi connectivity index (χ3n) is 4.54. The van der Waals surface area contributed by atoms with Crippen LogP contribution in [0.15, 0.2) is 55.0 Å². The van der Waals surface area contributed by atoms with E-state index in [0.29, 0.717) is 27.7 Å². The van der Waals surface area contributed by atoms with E-state index >= 15 is 0 Å². The van der Waals surface area contributed by atoms with Crippen molar-refractivity contribution < 1.29 is 4.39 Å². The fourth-order valence-electron chi connectivity index (χ4n) is 3.30. The van der Waals surface area contributed by atoms with E-state index in [9.17, 15) is 4.39 Å². The summed E-state index contributed by atoms with van der Waals surface area (Å²) in [5.41, 5.74) is 3.71. The van der Waals surface area contributed by atoms with Gasteiger partial charge in [-0.2, -0.15) is 0 Å². The van der Waals surface area contributed by atoms with Crippen LogP contribution in [-0.2, 0) is 7.05 Å². The molecule has 6 nitrogen and oxygen atoms in total. The molecule has 0 saturated carbocycles. The van der Waals surface area contributed by atoms with Crippen LogP contribution in [0, 0.1) is 5.82 Å². The molecule has 3 heterocycles. The topological polar surface area (TPSA) is 71.4 Å². The Labute approximate surface area is 164 Å². The summed E-state index contributed by atoms with van der Waals surface area (Å²) in [4.78, 5) is 16.6. The molecule has 2 N–H and O–H groups in total. The number of aryl methyl sites for hydroxylation is 1. The van der Waals surface area contributed by atoms with Gasteiger partial charge in [-0.15, -0.1) is 0 Å². The van der Waals surface area contributed by atoms with Gasteiger partial charge in [0.2, 0.25) is 0 Å². The number of imidazole rings is 1. The maximum absolute atomic E-state index is 13.6. The van der Waals surface area contributed by atoms with Gasteiger partial charge in [0.1, 0.15) is 29.4 Å².